The van der Waals surface area contributed by atoms with Crippen LogP contribution in [0.15, 0.2) is 23.1 Å². The lowest BCUT2D eigenvalue weighted by Gasteiger charge is -2.31. The van der Waals surface area contributed by atoms with Crippen molar-refractivity contribution in [1.29, 1.82) is 0 Å². The van der Waals surface area contributed by atoms with Gasteiger partial charge in [0.25, 0.3) is 0 Å². The monoisotopic (exact) mass is 380 g/mol. The van der Waals surface area contributed by atoms with E-state index in [0.717, 1.165) is 44.6 Å². The highest BCUT2D eigenvalue weighted by Crippen LogP contribution is 2.26. The Balaban J connectivity index is 0.00000288. The Hall–Kier alpha value is -1.22. The second-order valence-corrected chi connectivity index (χ2v) is 7.32. The van der Waals surface area contributed by atoms with Crippen LogP contribution in [-0.4, -0.2) is 34.1 Å². The zero-order chi connectivity index (χ0) is 17.0. The number of esters is 1. The van der Waals surface area contributed by atoms with E-state index in [2.05, 4.69) is 9.46 Å². The molecule has 1 aliphatic rings. The zero-order valence-electron chi connectivity index (χ0n) is 13.3. The van der Waals surface area contributed by atoms with Gasteiger partial charge in [-0.05, 0) is 43.5 Å². The third kappa shape index (κ3) is 4.66. The van der Waals surface area contributed by atoms with E-state index in [9.17, 15) is 17.6 Å². The fourth-order valence-electron chi connectivity index (χ4n) is 2.90. The summed E-state index contributed by atoms with van der Waals surface area (Å²) in [4.78, 5) is 11.3. The second kappa shape index (κ2) is 8.75. The summed E-state index contributed by atoms with van der Waals surface area (Å²) in [5.74, 6) is -1.53. The fourth-order valence-corrected chi connectivity index (χ4v) is 4.45. The van der Waals surface area contributed by atoms with Crippen LogP contribution in [0.3, 0.4) is 0 Å². The number of carbonyl (C=O) groups is 1. The predicted molar refractivity (Wildman–Crippen MR) is 90.1 cm³/mol. The molecule has 0 heterocycles. The van der Waals surface area contributed by atoms with Gasteiger partial charge in [-0.15, -0.1) is 12.4 Å². The van der Waals surface area contributed by atoms with Crippen LogP contribution in [0.5, 0.6) is 0 Å². The maximum atomic E-state index is 13.5. The highest BCUT2D eigenvalue weighted by Gasteiger charge is 2.31. The maximum absolute atomic E-state index is 13.5. The lowest BCUT2D eigenvalue weighted by atomic mass is 9.85. The lowest BCUT2D eigenvalue weighted by molar-refractivity contribution is 0.0596. The molecule has 0 radical (unpaired) electrons. The summed E-state index contributed by atoms with van der Waals surface area (Å²) in [7, 11) is -2.92. The number of nitrogens with one attached hydrogen (secondary N) is 1. The molecule has 136 valence electrons. The third-order valence-electron chi connectivity index (χ3n) is 4.16. The summed E-state index contributed by atoms with van der Waals surface area (Å²) in [6.07, 6.45) is 3.42. The lowest BCUT2D eigenvalue weighted by Crippen LogP contribution is -2.44. The smallest absolute Gasteiger partial charge is 0.339 e. The SMILES string of the molecule is COC(=O)c1ccc(F)cc1S(=O)(=O)NC1CCCCC1CN.Cl. The van der Waals surface area contributed by atoms with Crippen LogP contribution in [0.2, 0.25) is 0 Å². The van der Waals surface area contributed by atoms with Crippen molar-refractivity contribution >= 4 is 28.4 Å². The Morgan fingerprint density at radius 3 is 2.67 bits per heavy atom. The van der Waals surface area contributed by atoms with E-state index in [4.69, 9.17) is 5.73 Å². The van der Waals surface area contributed by atoms with Crippen molar-refractivity contribution in [2.75, 3.05) is 13.7 Å². The molecule has 0 aromatic heterocycles. The fraction of sp³-hybridized carbons (Fsp3) is 0.533. The number of rotatable bonds is 5. The summed E-state index contributed by atoms with van der Waals surface area (Å²) >= 11 is 0. The number of carbonyl (C=O) groups excluding carboxylic acids is 1. The molecule has 1 aromatic carbocycles. The van der Waals surface area contributed by atoms with Gasteiger partial charge in [-0.25, -0.2) is 22.3 Å². The van der Waals surface area contributed by atoms with Gasteiger partial charge in [0, 0.05) is 6.04 Å². The third-order valence-corrected chi connectivity index (χ3v) is 5.69. The first-order chi connectivity index (χ1) is 10.9. The molecule has 2 rings (SSSR count). The van der Waals surface area contributed by atoms with Crippen LogP contribution in [0.25, 0.3) is 0 Å². The number of nitrogens with two attached hydrogens (primary N) is 1. The normalized spacial score (nSPS) is 21.0. The van der Waals surface area contributed by atoms with E-state index in [-0.39, 0.29) is 29.9 Å². The zero-order valence-corrected chi connectivity index (χ0v) is 15.0. The summed E-state index contributed by atoms with van der Waals surface area (Å²) in [6, 6.07) is 2.65. The summed E-state index contributed by atoms with van der Waals surface area (Å²) in [6.45, 7) is 0.375. The van der Waals surface area contributed by atoms with Gasteiger partial charge in [0.05, 0.1) is 17.6 Å². The van der Waals surface area contributed by atoms with E-state index >= 15 is 0 Å². The molecule has 0 amide bonds. The van der Waals surface area contributed by atoms with Crippen molar-refractivity contribution in [3.8, 4) is 0 Å². The van der Waals surface area contributed by atoms with Crippen LogP contribution in [0.1, 0.15) is 36.0 Å². The number of halogens is 2. The Kier molecular flexibility index (Phi) is 7.59. The minimum atomic E-state index is -4.06. The molecular formula is C15H22ClFN2O4S. The quantitative estimate of drug-likeness (QED) is 0.759. The van der Waals surface area contributed by atoms with Crippen molar-refractivity contribution in [3.05, 3.63) is 29.6 Å². The first-order valence-electron chi connectivity index (χ1n) is 7.49. The molecule has 1 fully saturated rings. The highest BCUT2D eigenvalue weighted by molar-refractivity contribution is 7.89. The molecule has 6 nitrogen and oxygen atoms in total. The molecule has 1 aliphatic carbocycles. The minimum absolute atomic E-state index is 0. The Labute approximate surface area is 147 Å². The van der Waals surface area contributed by atoms with Gasteiger partial charge in [0.1, 0.15) is 5.82 Å². The molecule has 0 aliphatic heterocycles. The van der Waals surface area contributed by atoms with Gasteiger partial charge < -0.3 is 10.5 Å². The van der Waals surface area contributed by atoms with Crippen LogP contribution >= 0.6 is 12.4 Å². The summed E-state index contributed by atoms with van der Waals surface area (Å²) < 4.78 is 45.9. The van der Waals surface area contributed by atoms with Gasteiger partial charge in [-0.1, -0.05) is 12.8 Å². The van der Waals surface area contributed by atoms with Crippen molar-refractivity contribution in [3.63, 3.8) is 0 Å². The average molecular weight is 381 g/mol. The van der Waals surface area contributed by atoms with Crippen LogP contribution < -0.4 is 10.5 Å². The average Bonchev–Trinajstić information content (AvgIpc) is 2.54. The van der Waals surface area contributed by atoms with Gasteiger partial charge in [0.15, 0.2) is 0 Å². The van der Waals surface area contributed by atoms with Gasteiger partial charge in [-0.3, -0.25) is 0 Å². The second-order valence-electron chi connectivity index (χ2n) is 5.64. The van der Waals surface area contributed by atoms with Gasteiger partial charge in [0.2, 0.25) is 10.0 Å². The predicted octanol–water partition coefficient (Wildman–Crippen LogP) is 1.83. The van der Waals surface area contributed by atoms with E-state index in [1.54, 1.807) is 0 Å². The molecule has 1 saturated carbocycles. The Morgan fingerprint density at radius 1 is 1.38 bits per heavy atom. The van der Waals surface area contributed by atoms with Gasteiger partial charge >= 0.3 is 5.97 Å². The number of ether oxygens (including phenoxy) is 1. The molecule has 0 bridgehead atoms. The van der Waals surface area contributed by atoms with E-state index < -0.39 is 26.7 Å². The maximum Gasteiger partial charge on any atom is 0.339 e. The molecule has 0 spiro atoms. The molecule has 3 N–H and O–H groups in total. The number of sulfonamides is 1. The molecular weight excluding hydrogens is 359 g/mol. The van der Waals surface area contributed by atoms with Crippen molar-refractivity contribution in [1.82, 2.24) is 4.72 Å². The molecule has 0 saturated heterocycles. The standard InChI is InChI=1S/C15H21FN2O4S.ClH/c1-22-15(19)12-7-6-11(16)8-14(12)23(20,21)18-13-5-3-2-4-10(13)9-17;/h6-8,10,13,18H,2-5,9,17H2,1H3;1H. The van der Waals surface area contributed by atoms with Gasteiger partial charge in [-0.2, -0.15) is 0 Å². The molecule has 2 unspecified atom stereocenters. The van der Waals surface area contributed by atoms with E-state index in [1.807, 2.05) is 0 Å². The highest BCUT2D eigenvalue weighted by atomic mass is 35.5. The van der Waals surface area contributed by atoms with Crippen LogP contribution in [0, 0.1) is 11.7 Å². The number of hydrogen-bond donors (Lipinski definition) is 2. The summed E-state index contributed by atoms with van der Waals surface area (Å²) in [5, 5.41) is 0. The van der Waals surface area contributed by atoms with E-state index in [0.29, 0.717) is 13.0 Å². The van der Waals surface area contributed by atoms with E-state index in [1.165, 1.54) is 0 Å². The first-order valence-corrected chi connectivity index (χ1v) is 8.97. The van der Waals surface area contributed by atoms with Crippen molar-refractivity contribution in [2.24, 2.45) is 11.7 Å². The Bertz CT molecular complexity index is 684. The number of hydrogen-bond acceptors (Lipinski definition) is 5. The largest absolute Gasteiger partial charge is 0.465 e. The molecule has 9 heteroatoms. The topological polar surface area (TPSA) is 98.5 Å². The minimum Gasteiger partial charge on any atom is -0.465 e. The summed E-state index contributed by atoms with van der Waals surface area (Å²) in [5.41, 5.74) is 5.51. The number of methoxy groups -OCH3 is 1. The molecule has 2 atom stereocenters. The van der Waals surface area contributed by atoms with Crippen molar-refractivity contribution in [2.45, 2.75) is 36.6 Å². The first kappa shape index (κ1) is 20.8. The molecule has 24 heavy (non-hydrogen) atoms. The van der Waals surface area contributed by atoms with Crippen LogP contribution in [-0.2, 0) is 14.8 Å². The van der Waals surface area contributed by atoms with Crippen molar-refractivity contribution < 1.29 is 22.3 Å². The van der Waals surface area contributed by atoms with Crippen LogP contribution in [0.4, 0.5) is 4.39 Å². The Morgan fingerprint density at radius 2 is 2.04 bits per heavy atom. The number of benzene rings is 1. The molecule has 1 aromatic rings.